The lowest BCUT2D eigenvalue weighted by atomic mass is 9.98. The number of unbranched alkanes of at least 4 members (excludes halogenated alkanes) is 35. The van der Waals surface area contributed by atoms with E-state index in [1.54, 1.807) is 0 Å². The highest BCUT2D eigenvalue weighted by Crippen LogP contribution is 2.27. The number of esters is 3. The van der Waals surface area contributed by atoms with Gasteiger partial charge in [0.25, 0.3) is 0 Å². The third-order valence-electron chi connectivity index (χ3n) is 13.8. The third-order valence-corrected chi connectivity index (χ3v) is 13.8. The average molecular weight is 1010 g/mol. The molecule has 0 bridgehead atoms. The maximum absolute atomic E-state index is 13.1. The van der Waals surface area contributed by atoms with Gasteiger partial charge in [-0.15, -0.1) is 0 Å². The van der Waals surface area contributed by atoms with Crippen LogP contribution in [0.2, 0.25) is 0 Å². The summed E-state index contributed by atoms with van der Waals surface area (Å²) >= 11 is 0. The van der Waals surface area contributed by atoms with Gasteiger partial charge in [0.1, 0.15) is 18.8 Å². The lowest BCUT2D eigenvalue weighted by Gasteiger charge is -2.40. The highest BCUT2D eigenvalue weighted by molar-refractivity contribution is 5.74. The second-order valence-electron chi connectivity index (χ2n) is 20.6. The zero-order valence-corrected chi connectivity index (χ0v) is 45.7. The molecule has 1 aliphatic heterocycles. The molecule has 0 amide bonds. The molecule has 1 saturated heterocycles. The van der Waals surface area contributed by atoms with Crippen LogP contribution < -0.4 is 0 Å². The SMILES string of the molecule is CCCCCCCC/C=C\CCCCCCCCCCCC(=O)OC1C(OCC(COC(=O)CCCCCCCCCCCCC)OC(=O)CCCCCCCCCCCCC)OC(C(=O)O)C(O)C1O. The predicted octanol–water partition coefficient (Wildman–Crippen LogP) is 14.9. The summed E-state index contributed by atoms with van der Waals surface area (Å²) in [5.74, 6) is -3.09. The van der Waals surface area contributed by atoms with Gasteiger partial charge in [-0.25, -0.2) is 4.79 Å². The van der Waals surface area contributed by atoms with E-state index >= 15 is 0 Å². The lowest BCUT2D eigenvalue weighted by Crippen LogP contribution is -2.61. The third kappa shape index (κ3) is 38.7. The predicted molar refractivity (Wildman–Crippen MR) is 285 cm³/mol. The normalized spacial score (nSPS) is 18.5. The van der Waals surface area contributed by atoms with Crippen molar-refractivity contribution in [1.82, 2.24) is 0 Å². The first kappa shape index (κ1) is 66.5. The molecule has 1 fully saturated rings. The molecule has 6 unspecified atom stereocenters. The summed E-state index contributed by atoms with van der Waals surface area (Å²) in [6.07, 6.45) is 40.4. The summed E-state index contributed by atoms with van der Waals surface area (Å²) in [7, 11) is 0. The topological polar surface area (TPSA) is 175 Å². The van der Waals surface area contributed by atoms with Gasteiger partial charge in [0.15, 0.2) is 24.6 Å². The molecule has 12 heteroatoms. The standard InChI is InChI=1S/C59H108O12/c1-4-7-10-13-16-19-22-23-24-25-26-27-28-29-32-35-38-41-44-47-53(62)70-57-55(64)54(63)56(58(65)66)71-59(57)68-49-50(69-52(61)46-43-40-37-34-31-21-18-15-12-9-6-3)48-67-51(60)45-42-39-36-33-30-20-17-14-11-8-5-2/h23-24,50,54-57,59,63-64H,4-22,25-49H2,1-3H3,(H,65,66)/b24-23-. The summed E-state index contributed by atoms with van der Waals surface area (Å²) in [5, 5.41) is 31.4. The molecule has 71 heavy (non-hydrogen) atoms. The van der Waals surface area contributed by atoms with Gasteiger partial charge in [-0.2, -0.15) is 0 Å². The minimum atomic E-state index is -1.90. The number of aliphatic hydroxyl groups is 2. The number of carbonyl (C=O) groups is 4. The Hall–Kier alpha value is -2.54. The van der Waals surface area contributed by atoms with Crippen molar-refractivity contribution >= 4 is 23.9 Å². The van der Waals surface area contributed by atoms with Gasteiger partial charge in [-0.05, 0) is 44.9 Å². The molecule has 1 aliphatic rings. The summed E-state index contributed by atoms with van der Waals surface area (Å²) in [5.41, 5.74) is 0. The first-order chi connectivity index (χ1) is 34.6. The Morgan fingerprint density at radius 2 is 0.803 bits per heavy atom. The number of carboxylic acid groups (broad SMARTS) is 1. The van der Waals surface area contributed by atoms with Gasteiger partial charge in [0.2, 0.25) is 0 Å². The van der Waals surface area contributed by atoms with Crippen molar-refractivity contribution in [3.63, 3.8) is 0 Å². The highest BCUT2D eigenvalue weighted by atomic mass is 16.7. The molecule has 6 atom stereocenters. The fraction of sp³-hybridized carbons (Fsp3) is 0.898. The van der Waals surface area contributed by atoms with Crippen molar-refractivity contribution in [2.75, 3.05) is 13.2 Å². The number of allylic oxidation sites excluding steroid dienone is 2. The first-order valence-electron chi connectivity index (χ1n) is 29.7. The van der Waals surface area contributed by atoms with E-state index in [1.807, 2.05) is 0 Å². The zero-order valence-electron chi connectivity index (χ0n) is 45.7. The molecule has 416 valence electrons. The number of carboxylic acids is 1. The van der Waals surface area contributed by atoms with Gasteiger partial charge >= 0.3 is 23.9 Å². The van der Waals surface area contributed by atoms with Crippen LogP contribution in [0.1, 0.15) is 290 Å². The summed E-state index contributed by atoms with van der Waals surface area (Å²) < 4.78 is 28.4. The minimum absolute atomic E-state index is 0.0646. The number of ether oxygens (including phenoxy) is 5. The Labute approximate surface area is 433 Å². The summed E-state index contributed by atoms with van der Waals surface area (Å²) in [4.78, 5) is 51.0. The molecule has 0 spiro atoms. The molecule has 1 rings (SSSR count). The Balaban J connectivity index is 2.63. The zero-order chi connectivity index (χ0) is 51.8. The number of rotatable bonds is 51. The minimum Gasteiger partial charge on any atom is -0.479 e. The van der Waals surface area contributed by atoms with Crippen LogP contribution in [0.25, 0.3) is 0 Å². The van der Waals surface area contributed by atoms with E-state index in [9.17, 15) is 34.5 Å². The van der Waals surface area contributed by atoms with Crippen molar-refractivity contribution < 1.29 is 58.2 Å². The van der Waals surface area contributed by atoms with E-state index in [0.717, 1.165) is 70.6 Å². The maximum Gasteiger partial charge on any atom is 0.335 e. The number of aliphatic hydroxyl groups excluding tert-OH is 2. The van der Waals surface area contributed by atoms with Gasteiger partial charge < -0.3 is 39.0 Å². The fourth-order valence-corrected chi connectivity index (χ4v) is 9.25. The molecule has 0 aromatic carbocycles. The Morgan fingerprint density at radius 3 is 1.20 bits per heavy atom. The van der Waals surface area contributed by atoms with Gasteiger partial charge in [-0.1, -0.05) is 238 Å². The molecule has 3 N–H and O–H groups in total. The Kier molecular flexibility index (Phi) is 45.3. The van der Waals surface area contributed by atoms with Crippen LogP contribution in [-0.4, -0.2) is 89.2 Å². The van der Waals surface area contributed by atoms with E-state index in [4.69, 9.17) is 23.7 Å². The molecule has 0 aromatic rings. The van der Waals surface area contributed by atoms with Crippen LogP contribution in [0, 0.1) is 0 Å². The number of aliphatic carboxylic acids is 1. The molecular weight excluding hydrogens is 901 g/mol. The van der Waals surface area contributed by atoms with Crippen LogP contribution in [0.3, 0.4) is 0 Å². The quantitative estimate of drug-likeness (QED) is 0.0228. The first-order valence-corrected chi connectivity index (χ1v) is 29.7. The van der Waals surface area contributed by atoms with E-state index in [1.165, 1.54) is 161 Å². The number of carbonyl (C=O) groups excluding carboxylic acids is 3. The number of hydrogen-bond acceptors (Lipinski definition) is 11. The summed E-state index contributed by atoms with van der Waals surface area (Å²) in [6.45, 7) is 6.00. The van der Waals surface area contributed by atoms with Crippen LogP contribution in [-0.2, 0) is 42.9 Å². The van der Waals surface area contributed by atoms with Gasteiger partial charge in [0.05, 0.1) is 6.61 Å². The van der Waals surface area contributed by atoms with Crippen LogP contribution in [0.15, 0.2) is 12.2 Å². The van der Waals surface area contributed by atoms with E-state index in [-0.39, 0.29) is 25.9 Å². The molecule has 0 aromatic heterocycles. The Bertz CT molecular complexity index is 1290. The van der Waals surface area contributed by atoms with Gasteiger partial charge in [0, 0.05) is 19.3 Å². The molecule has 1 heterocycles. The number of hydrogen-bond donors (Lipinski definition) is 3. The maximum atomic E-state index is 13.1. The largest absolute Gasteiger partial charge is 0.479 e. The average Bonchev–Trinajstić information content (AvgIpc) is 3.35. The van der Waals surface area contributed by atoms with Crippen molar-refractivity contribution in [2.45, 2.75) is 327 Å². The second kappa shape index (κ2) is 48.4. The smallest absolute Gasteiger partial charge is 0.335 e. The lowest BCUT2D eigenvalue weighted by molar-refractivity contribution is -0.301. The van der Waals surface area contributed by atoms with E-state index < -0.39 is 67.3 Å². The van der Waals surface area contributed by atoms with Gasteiger partial charge in [-0.3, -0.25) is 14.4 Å². The van der Waals surface area contributed by atoms with Crippen molar-refractivity contribution in [3.05, 3.63) is 12.2 Å². The van der Waals surface area contributed by atoms with Crippen molar-refractivity contribution in [3.8, 4) is 0 Å². The fourth-order valence-electron chi connectivity index (χ4n) is 9.25. The van der Waals surface area contributed by atoms with Crippen LogP contribution >= 0.6 is 0 Å². The molecule has 0 aliphatic carbocycles. The Morgan fingerprint density at radius 1 is 0.451 bits per heavy atom. The van der Waals surface area contributed by atoms with E-state index in [2.05, 4.69) is 32.9 Å². The molecule has 0 radical (unpaired) electrons. The molecule has 0 saturated carbocycles. The molecular formula is C59H108O12. The van der Waals surface area contributed by atoms with Crippen LogP contribution in [0.5, 0.6) is 0 Å². The van der Waals surface area contributed by atoms with E-state index in [0.29, 0.717) is 19.3 Å². The monoisotopic (exact) mass is 1010 g/mol. The van der Waals surface area contributed by atoms with Crippen molar-refractivity contribution in [1.29, 1.82) is 0 Å². The highest BCUT2D eigenvalue weighted by Gasteiger charge is 2.50. The molecule has 12 nitrogen and oxygen atoms in total. The second-order valence-corrected chi connectivity index (χ2v) is 20.6. The van der Waals surface area contributed by atoms with Crippen LogP contribution in [0.4, 0.5) is 0 Å². The van der Waals surface area contributed by atoms with Crippen molar-refractivity contribution in [2.24, 2.45) is 0 Å². The summed E-state index contributed by atoms with van der Waals surface area (Å²) in [6, 6.07) is 0.